The minimum atomic E-state index is -2.98. The molecular formula is C12H11F2NaO4. The van der Waals surface area contributed by atoms with E-state index in [-0.39, 0.29) is 46.6 Å². The van der Waals surface area contributed by atoms with Gasteiger partial charge in [0.1, 0.15) is 0 Å². The number of alkyl halides is 2. The van der Waals surface area contributed by atoms with Crippen molar-refractivity contribution in [3.8, 4) is 11.5 Å². The Morgan fingerprint density at radius 1 is 1.37 bits per heavy atom. The van der Waals surface area contributed by atoms with Crippen molar-refractivity contribution in [3.63, 3.8) is 0 Å². The maximum absolute atomic E-state index is 12.2. The number of hydrogen-bond donors (Lipinski definition) is 0. The van der Waals surface area contributed by atoms with E-state index in [9.17, 15) is 18.7 Å². The predicted molar refractivity (Wildman–Crippen MR) is 55.6 cm³/mol. The first-order valence-corrected chi connectivity index (χ1v) is 5.49. The van der Waals surface area contributed by atoms with E-state index in [2.05, 4.69) is 4.74 Å². The van der Waals surface area contributed by atoms with Crippen molar-refractivity contribution in [3.05, 3.63) is 23.8 Å². The summed E-state index contributed by atoms with van der Waals surface area (Å²) in [6.45, 7) is -2.61. The third-order valence-electron chi connectivity index (χ3n) is 2.57. The fourth-order valence-electron chi connectivity index (χ4n) is 1.43. The molecule has 0 heterocycles. The fourth-order valence-corrected chi connectivity index (χ4v) is 1.43. The van der Waals surface area contributed by atoms with Gasteiger partial charge in [-0.3, -0.25) is 0 Å². The molecule has 1 aliphatic carbocycles. The molecule has 0 aliphatic heterocycles. The average Bonchev–Trinajstić information content (AvgIpc) is 3.10. The van der Waals surface area contributed by atoms with Gasteiger partial charge in [-0.1, -0.05) is 0 Å². The van der Waals surface area contributed by atoms with Gasteiger partial charge in [0, 0.05) is 5.56 Å². The minimum absolute atomic E-state index is 0. The summed E-state index contributed by atoms with van der Waals surface area (Å²) in [6.07, 6.45) is 2.07. The average molecular weight is 280 g/mol. The Kier molecular flexibility index (Phi) is 6.03. The van der Waals surface area contributed by atoms with E-state index in [1.54, 1.807) is 0 Å². The number of carbonyl (C=O) groups excluding carboxylic acids is 1. The molecule has 1 aromatic carbocycles. The van der Waals surface area contributed by atoms with E-state index < -0.39 is 12.6 Å². The number of hydrogen-bond acceptors (Lipinski definition) is 4. The molecule has 0 atom stereocenters. The van der Waals surface area contributed by atoms with Gasteiger partial charge >= 0.3 is 36.2 Å². The molecule has 7 heteroatoms. The third kappa shape index (κ3) is 4.97. The molecule has 1 aromatic rings. The van der Waals surface area contributed by atoms with E-state index in [0.29, 0.717) is 12.5 Å². The smallest absolute Gasteiger partial charge is 0.545 e. The van der Waals surface area contributed by atoms with Gasteiger partial charge in [-0.25, -0.2) is 0 Å². The number of carboxylic acid groups (broad SMARTS) is 1. The van der Waals surface area contributed by atoms with Crippen LogP contribution in [0.2, 0.25) is 0 Å². The van der Waals surface area contributed by atoms with Crippen molar-refractivity contribution < 1.29 is 57.7 Å². The number of ether oxygens (including phenoxy) is 2. The Hall–Kier alpha value is -0.850. The number of carbonyl (C=O) groups is 1. The maximum atomic E-state index is 12.2. The Morgan fingerprint density at radius 2 is 2.05 bits per heavy atom. The standard InChI is InChI=1S/C12H12F2O4.Na/c13-12(14)18-9-4-3-8(11(15)16)5-10(9)17-6-7-1-2-7;/h3-5,7,12H,1-2,6H2,(H,15,16);/q;+1/p-1. The van der Waals surface area contributed by atoms with Crippen molar-refractivity contribution in [2.24, 2.45) is 5.92 Å². The van der Waals surface area contributed by atoms with Crippen molar-refractivity contribution in [1.29, 1.82) is 0 Å². The zero-order valence-corrected chi connectivity index (χ0v) is 12.4. The largest absolute Gasteiger partial charge is 1.00 e. The van der Waals surface area contributed by atoms with Crippen LogP contribution in [0.3, 0.4) is 0 Å². The Labute approximate surface area is 131 Å². The summed E-state index contributed by atoms with van der Waals surface area (Å²) in [6, 6.07) is 3.41. The molecule has 19 heavy (non-hydrogen) atoms. The summed E-state index contributed by atoms with van der Waals surface area (Å²) < 4.78 is 33.9. The molecule has 0 N–H and O–H groups in total. The molecule has 1 aliphatic rings. The van der Waals surface area contributed by atoms with Crippen LogP contribution >= 0.6 is 0 Å². The SMILES string of the molecule is O=C([O-])c1ccc(OC(F)F)c(OCC2CC2)c1.[Na+]. The summed E-state index contributed by atoms with van der Waals surface area (Å²) >= 11 is 0. The van der Waals surface area contributed by atoms with Gasteiger partial charge in [0.05, 0.1) is 12.6 Å². The van der Waals surface area contributed by atoms with Crippen molar-refractivity contribution >= 4 is 5.97 Å². The van der Waals surface area contributed by atoms with Crippen molar-refractivity contribution in [2.75, 3.05) is 6.61 Å². The molecule has 4 nitrogen and oxygen atoms in total. The molecule has 0 saturated heterocycles. The zero-order chi connectivity index (χ0) is 13.1. The van der Waals surface area contributed by atoms with Crippen LogP contribution in [0.15, 0.2) is 18.2 Å². The first-order valence-electron chi connectivity index (χ1n) is 5.49. The molecule has 1 fully saturated rings. The molecular weight excluding hydrogens is 269 g/mol. The second kappa shape index (κ2) is 7.07. The molecule has 0 aromatic heterocycles. The molecule has 0 unspecified atom stereocenters. The number of benzene rings is 1. The van der Waals surface area contributed by atoms with Gasteiger partial charge < -0.3 is 19.4 Å². The van der Waals surface area contributed by atoms with Crippen LogP contribution in [0.5, 0.6) is 11.5 Å². The fraction of sp³-hybridized carbons (Fsp3) is 0.417. The second-order valence-corrected chi connectivity index (χ2v) is 4.08. The van der Waals surface area contributed by atoms with Crippen LogP contribution in [-0.4, -0.2) is 19.2 Å². The summed E-state index contributed by atoms with van der Waals surface area (Å²) in [4.78, 5) is 10.7. The van der Waals surface area contributed by atoms with E-state index in [1.807, 2.05) is 0 Å². The summed E-state index contributed by atoms with van der Waals surface area (Å²) in [7, 11) is 0. The topological polar surface area (TPSA) is 58.6 Å². The van der Waals surface area contributed by atoms with Crippen LogP contribution in [0.4, 0.5) is 8.78 Å². The van der Waals surface area contributed by atoms with E-state index in [4.69, 9.17) is 4.74 Å². The number of rotatable bonds is 6. The quantitative estimate of drug-likeness (QED) is 0.592. The van der Waals surface area contributed by atoms with Gasteiger partial charge in [-0.15, -0.1) is 0 Å². The maximum Gasteiger partial charge on any atom is 1.00 e. The van der Waals surface area contributed by atoms with E-state index in [0.717, 1.165) is 31.0 Å². The van der Waals surface area contributed by atoms with E-state index in [1.165, 1.54) is 0 Å². The van der Waals surface area contributed by atoms with Crippen LogP contribution in [0.25, 0.3) is 0 Å². The minimum Gasteiger partial charge on any atom is -0.545 e. The molecule has 0 spiro atoms. The molecule has 98 valence electrons. The summed E-state index contributed by atoms with van der Waals surface area (Å²) in [5.74, 6) is -1.15. The first kappa shape index (κ1) is 16.2. The number of carboxylic acids is 1. The van der Waals surface area contributed by atoms with Crippen molar-refractivity contribution in [1.82, 2.24) is 0 Å². The van der Waals surface area contributed by atoms with Crippen molar-refractivity contribution in [2.45, 2.75) is 19.5 Å². The molecule has 2 rings (SSSR count). The van der Waals surface area contributed by atoms with Crippen LogP contribution < -0.4 is 44.1 Å². The molecule has 1 saturated carbocycles. The van der Waals surface area contributed by atoms with Crippen LogP contribution in [0, 0.1) is 5.92 Å². The van der Waals surface area contributed by atoms with Crippen LogP contribution in [0.1, 0.15) is 23.2 Å². The Balaban J connectivity index is 0.00000180. The second-order valence-electron chi connectivity index (χ2n) is 4.08. The monoisotopic (exact) mass is 280 g/mol. The van der Waals surface area contributed by atoms with E-state index >= 15 is 0 Å². The van der Waals surface area contributed by atoms with Gasteiger partial charge in [-0.2, -0.15) is 8.78 Å². The Bertz CT molecular complexity index is 449. The van der Waals surface area contributed by atoms with Gasteiger partial charge in [-0.05, 0) is 37.0 Å². The number of aromatic carboxylic acids is 1. The summed E-state index contributed by atoms with van der Waals surface area (Å²) in [5, 5.41) is 10.7. The normalized spacial score (nSPS) is 13.8. The molecule has 0 bridgehead atoms. The first-order chi connectivity index (χ1) is 8.56. The van der Waals surface area contributed by atoms with Gasteiger partial charge in [0.25, 0.3) is 0 Å². The molecule has 0 radical (unpaired) electrons. The number of halogens is 2. The van der Waals surface area contributed by atoms with Crippen LogP contribution in [-0.2, 0) is 0 Å². The Morgan fingerprint density at radius 3 is 2.58 bits per heavy atom. The van der Waals surface area contributed by atoms with Gasteiger partial charge in [0.15, 0.2) is 11.5 Å². The zero-order valence-electron chi connectivity index (χ0n) is 10.4. The van der Waals surface area contributed by atoms with Gasteiger partial charge in [0.2, 0.25) is 0 Å². The summed E-state index contributed by atoms with van der Waals surface area (Å²) in [5.41, 5.74) is -0.137. The predicted octanol–water partition coefficient (Wildman–Crippen LogP) is -1.56. The third-order valence-corrected chi connectivity index (χ3v) is 2.57. The molecule has 0 amide bonds.